The topological polar surface area (TPSA) is 92.7 Å². The highest BCUT2D eigenvalue weighted by Crippen LogP contribution is 2.04. The third kappa shape index (κ3) is 5.67. The number of carbonyl (C=O) groups is 3. The molecule has 0 aromatic heterocycles. The second kappa shape index (κ2) is 7.86. The van der Waals surface area contributed by atoms with Crippen LogP contribution < -0.4 is 5.32 Å². The Kier molecular flexibility index (Phi) is 6.08. The van der Waals surface area contributed by atoms with Crippen LogP contribution in [-0.4, -0.2) is 29.5 Å². The number of esters is 1. The van der Waals surface area contributed by atoms with Crippen molar-refractivity contribution in [3.63, 3.8) is 0 Å². The van der Waals surface area contributed by atoms with E-state index in [9.17, 15) is 14.4 Å². The Bertz CT molecular complexity index is 432. The number of ether oxygens (including phenoxy) is 1. The zero-order valence-corrected chi connectivity index (χ0v) is 10.2. The van der Waals surface area contributed by atoms with Crippen molar-refractivity contribution in [2.75, 3.05) is 0 Å². The first-order valence-corrected chi connectivity index (χ1v) is 5.75. The molecule has 1 atom stereocenters. The van der Waals surface area contributed by atoms with Crippen molar-refractivity contribution in [1.82, 2.24) is 5.32 Å². The zero-order chi connectivity index (χ0) is 14.1. The molecule has 6 nitrogen and oxygen atoms in total. The van der Waals surface area contributed by atoms with Crippen molar-refractivity contribution < 1.29 is 24.2 Å². The van der Waals surface area contributed by atoms with Gasteiger partial charge in [0.25, 0.3) is 0 Å². The van der Waals surface area contributed by atoms with Crippen LogP contribution in [-0.2, 0) is 25.7 Å². The van der Waals surface area contributed by atoms with E-state index in [1.54, 1.807) is 0 Å². The third-order valence-electron chi connectivity index (χ3n) is 2.45. The smallest absolute Gasteiger partial charge is 0.326 e. The number of hydrogen-bond acceptors (Lipinski definition) is 4. The largest absolute Gasteiger partial charge is 0.480 e. The number of carbonyl (C=O) groups excluding carboxylic acids is 2. The van der Waals surface area contributed by atoms with E-state index in [1.807, 2.05) is 30.3 Å². The summed E-state index contributed by atoms with van der Waals surface area (Å²) in [5.41, 5.74) is 0.858. The minimum atomic E-state index is -1.18. The predicted molar refractivity (Wildman–Crippen MR) is 66.1 cm³/mol. The van der Waals surface area contributed by atoms with E-state index in [1.165, 1.54) is 0 Å². The van der Waals surface area contributed by atoms with Gasteiger partial charge in [0.2, 0.25) is 6.41 Å². The first-order valence-electron chi connectivity index (χ1n) is 5.75. The lowest BCUT2D eigenvalue weighted by Crippen LogP contribution is -2.36. The molecule has 1 aromatic carbocycles. The van der Waals surface area contributed by atoms with Crippen LogP contribution in [0, 0.1) is 0 Å². The monoisotopic (exact) mass is 265 g/mol. The summed E-state index contributed by atoms with van der Waals surface area (Å²) in [6.07, 6.45) is 0.237. The Labute approximate surface area is 110 Å². The SMILES string of the molecule is O=CN[C@H](CCC(=O)OCc1ccccc1)C(=O)O. The summed E-state index contributed by atoms with van der Waals surface area (Å²) in [5.74, 6) is -1.68. The molecule has 0 spiro atoms. The van der Waals surface area contributed by atoms with Gasteiger partial charge < -0.3 is 15.2 Å². The fraction of sp³-hybridized carbons (Fsp3) is 0.308. The normalized spacial score (nSPS) is 11.4. The average Bonchev–Trinajstić information content (AvgIpc) is 2.42. The fourth-order valence-corrected chi connectivity index (χ4v) is 1.43. The maximum atomic E-state index is 11.4. The summed E-state index contributed by atoms with van der Waals surface area (Å²) in [5, 5.41) is 10.9. The van der Waals surface area contributed by atoms with Gasteiger partial charge in [-0.05, 0) is 12.0 Å². The molecule has 0 unspecified atom stereocenters. The van der Waals surface area contributed by atoms with E-state index in [0.29, 0.717) is 6.41 Å². The standard InChI is InChI=1S/C13H15NO5/c15-9-14-11(13(17)18)6-7-12(16)19-8-10-4-2-1-3-5-10/h1-5,9,11H,6-8H2,(H,14,15)(H,17,18)/t11-/m1/s1. The van der Waals surface area contributed by atoms with E-state index >= 15 is 0 Å². The van der Waals surface area contributed by atoms with Crippen molar-refractivity contribution >= 4 is 18.3 Å². The van der Waals surface area contributed by atoms with Gasteiger partial charge in [-0.15, -0.1) is 0 Å². The van der Waals surface area contributed by atoms with Crippen LogP contribution in [0.3, 0.4) is 0 Å². The van der Waals surface area contributed by atoms with Gasteiger partial charge in [-0.3, -0.25) is 9.59 Å². The van der Waals surface area contributed by atoms with Crippen molar-refractivity contribution in [3.8, 4) is 0 Å². The quantitative estimate of drug-likeness (QED) is 0.533. The van der Waals surface area contributed by atoms with Gasteiger partial charge in [0, 0.05) is 6.42 Å². The molecule has 19 heavy (non-hydrogen) atoms. The highest BCUT2D eigenvalue weighted by Gasteiger charge is 2.18. The molecule has 0 aliphatic carbocycles. The molecular formula is C13H15NO5. The van der Waals surface area contributed by atoms with Crippen molar-refractivity contribution in [2.24, 2.45) is 0 Å². The lowest BCUT2D eigenvalue weighted by molar-refractivity contribution is -0.146. The first kappa shape index (κ1) is 14.7. The number of aliphatic carboxylic acids is 1. The van der Waals surface area contributed by atoms with Crippen molar-refractivity contribution in [1.29, 1.82) is 0 Å². The molecule has 0 saturated heterocycles. The minimum Gasteiger partial charge on any atom is -0.480 e. The number of hydrogen-bond donors (Lipinski definition) is 2. The van der Waals surface area contributed by atoms with Crippen LogP contribution in [0.1, 0.15) is 18.4 Å². The van der Waals surface area contributed by atoms with E-state index in [-0.39, 0.29) is 19.4 Å². The fourth-order valence-electron chi connectivity index (χ4n) is 1.43. The highest BCUT2D eigenvalue weighted by molar-refractivity contribution is 5.77. The van der Waals surface area contributed by atoms with Crippen molar-refractivity contribution in [2.45, 2.75) is 25.5 Å². The van der Waals surface area contributed by atoms with Gasteiger partial charge >= 0.3 is 11.9 Å². The molecule has 0 heterocycles. The lowest BCUT2D eigenvalue weighted by Gasteiger charge is -2.10. The third-order valence-corrected chi connectivity index (χ3v) is 2.45. The highest BCUT2D eigenvalue weighted by atomic mass is 16.5. The van der Waals surface area contributed by atoms with Gasteiger partial charge in [0.15, 0.2) is 0 Å². The number of carboxylic acid groups (broad SMARTS) is 1. The van der Waals surface area contributed by atoms with Gasteiger partial charge in [-0.25, -0.2) is 4.79 Å². The number of amides is 1. The van der Waals surface area contributed by atoms with Gasteiger partial charge in [0.1, 0.15) is 12.6 Å². The Morgan fingerprint density at radius 2 is 2.00 bits per heavy atom. The second-order valence-corrected chi connectivity index (χ2v) is 3.86. The molecule has 6 heteroatoms. The van der Waals surface area contributed by atoms with Gasteiger partial charge in [0.05, 0.1) is 0 Å². The predicted octanol–water partition coefficient (Wildman–Crippen LogP) is 0.709. The molecule has 0 bridgehead atoms. The summed E-state index contributed by atoms with van der Waals surface area (Å²) in [6, 6.07) is 8.09. The van der Waals surface area contributed by atoms with Crippen LogP contribution in [0.5, 0.6) is 0 Å². The molecule has 0 fully saturated rings. The molecule has 0 aliphatic rings. The second-order valence-electron chi connectivity index (χ2n) is 3.86. The summed E-state index contributed by atoms with van der Waals surface area (Å²) >= 11 is 0. The van der Waals surface area contributed by atoms with Gasteiger partial charge in [-0.1, -0.05) is 30.3 Å². The van der Waals surface area contributed by atoms with Crippen LogP contribution >= 0.6 is 0 Å². The average molecular weight is 265 g/mol. The molecule has 1 rings (SSSR count). The minimum absolute atomic E-state index is 0.00168. The molecule has 0 radical (unpaired) electrons. The summed E-state index contributed by atoms with van der Waals surface area (Å²) in [4.78, 5) is 32.3. The summed E-state index contributed by atoms with van der Waals surface area (Å²) < 4.78 is 4.99. The van der Waals surface area contributed by atoms with Crippen LogP contribution in [0.25, 0.3) is 0 Å². The first-order chi connectivity index (χ1) is 9.13. The number of benzene rings is 1. The number of carboxylic acids is 1. The van der Waals surface area contributed by atoms with Gasteiger partial charge in [-0.2, -0.15) is 0 Å². The van der Waals surface area contributed by atoms with E-state index in [4.69, 9.17) is 9.84 Å². The Morgan fingerprint density at radius 3 is 2.58 bits per heavy atom. The molecule has 0 aliphatic heterocycles. The Hall–Kier alpha value is -2.37. The summed E-state index contributed by atoms with van der Waals surface area (Å²) in [7, 11) is 0. The number of nitrogens with one attached hydrogen (secondary N) is 1. The molecule has 102 valence electrons. The zero-order valence-electron chi connectivity index (χ0n) is 10.2. The molecule has 1 amide bonds. The molecule has 2 N–H and O–H groups in total. The Balaban J connectivity index is 2.31. The van der Waals surface area contributed by atoms with Crippen LogP contribution in [0.15, 0.2) is 30.3 Å². The van der Waals surface area contributed by atoms with Crippen LogP contribution in [0.2, 0.25) is 0 Å². The maximum Gasteiger partial charge on any atom is 0.326 e. The molecule has 1 aromatic rings. The summed E-state index contributed by atoms with van der Waals surface area (Å²) in [6.45, 7) is 0.151. The van der Waals surface area contributed by atoms with E-state index < -0.39 is 18.0 Å². The maximum absolute atomic E-state index is 11.4. The number of rotatable bonds is 8. The van der Waals surface area contributed by atoms with E-state index in [2.05, 4.69) is 5.32 Å². The molecular weight excluding hydrogens is 250 g/mol. The van der Waals surface area contributed by atoms with Crippen LogP contribution in [0.4, 0.5) is 0 Å². The van der Waals surface area contributed by atoms with E-state index in [0.717, 1.165) is 5.56 Å². The lowest BCUT2D eigenvalue weighted by atomic mass is 10.1. The van der Waals surface area contributed by atoms with Crippen molar-refractivity contribution in [3.05, 3.63) is 35.9 Å². The molecule has 0 saturated carbocycles. The Morgan fingerprint density at radius 1 is 1.32 bits per heavy atom.